The Bertz CT molecular complexity index is 349. The number of aromatic nitrogens is 1. The minimum absolute atomic E-state index is 0.481. The van der Waals surface area contributed by atoms with Gasteiger partial charge in [0.15, 0.2) is 0 Å². The average molecular weight is 285 g/mol. The van der Waals surface area contributed by atoms with E-state index in [1.807, 2.05) is 13.1 Å². The molecule has 2 rings (SSSR count). The third kappa shape index (κ3) is 3.19. The van der Waals surface area contributed by atoms with Crippen LogP contribution in [0, 0.1) is 6.92 Å². The Hall–Kier alpha value is -0.610. The summed E-state index contributed by atoms with van der Waals surface area (Å²) in [5.41, 5.74) is 1.17. The number of halogens is 1. The van der Waals surface area contributed by atoms with Gasteiger partial charge in [-0.1, -0.05) is 0 Å². The molecule has 1 saturated heterocycles. The van der Waals surface area contributed by atoms with E-state index in [0.717, 1.165) is 42.8 Å². The molecule has 0 aromatic carbocycles. The van der Waals surface area contributed by atoms with Gasteiger partial charge in [0.1, 0.15) is 5.82 Å². The highest BCUT2D eigenvalue weighted by molar-refractivity contribution is 9.10. The number of aryl methyl sites for hydroxylation is 1. The van der Waals surface area contributed by atoms with Crippen molar-refractivity contribution in [3.63, 3.8) is 0 Å². The topological polar surface area (TPSA) is 34.2 Å². The van der Waals surface area contributed by atoms with E-state index in [1.165, 1.54) is 5.56 Å². The second-order valence-corrected chi connectivity index (χ2v) is 5.08. The lowest BCUT2D eigenvalue weighted by Crippen LogP contribution is -2.20. The second kappa shape index (κ2) is 5.64. The van der Waals surface area contributed by atoms with Crippen molar-refractivity contribution >= 4 is 21.7 Å². The van der Waals surface area contributed by atoms with Crippen molar-refractivity contribution in [1.82, 2.24) is 4.98 Å². The van der Waals surface area contributed by atoms with Crippen LogP contribution < -0.4 is 5.32 Å². The van der Waals surface area contributed by atoms with Crippen molar-refractivity contribution in [2.75, 3.05) is 18.5 Å². The molecule has 1 atom stereocenters. The smallest absolute Gasteiger partial charge is 0.140 e. The summed E-state index contributed by atoms with van der Waals surface area (Å²) in [4.78, 5) is 4.40. The molecule has 1 fully saturated rings. The average Bonchev–Trinajstić information content (AvgIpc) is 2.51. The summed E-state index contributed by atoms with van der Waals surface area (Å²) in [6.45, 7) is 3.78. The minimum Gasteiger partial charge on any atom is -0.381 e. The van der Waals surface area contributed by atoms with Crippen LogP contribution in [0.3, 0.4) is 0 Å². The van der Waals surface area contributed by atoms with Crippen molar-refractivity contribution in [3.05, 3.63) is 22.3 Å². The Labute approximate surface area is 105 Å². The molecule has 0 radical (unpaired) electrons. The fourth-order valence-electron chi connectivity index (χ4n) is 1.88. The fourth-order valence-corrected chi connectivity index (χ4v) is 2.46. The first kappa shape index (κ1) is 11.9. The van der Waals surface area contributed by atoms with E-state index >= 15 is 0 Å². The molecule has 0 amide bonds. The van der Waals surface area contributed by atoms with Gasteiger partial charge in [0.05, 0.1) is 4.47 Å². The standard InChI is InChI=1S/C12H17BrN2O/c1-9-7-11(13)12(14-8-9)15-10-3-2-5-16-6-4-10/h7-8,10H,2-6H2,1H3,(H,14,15)/t10-/m1/s1. The summed E-state index contributed by atoms with van der Waals surface area (Å²) in [6, 6.07) is 2.57. The predicted molar refractivity (Wildman–Crippen MR) is 68.8 cm³/mol. The highest BCUT2D eigenvalue weighted by atomic mass is 79.9. The Morgan fingerprint density at radius 1 is 1.44 bits per heavy atom. The molecule has 16 heavy (non-hydrogen) atoms. The summed E-state index contributed by atoms with van der Waals surface area (Å²) in [5, 5.41) is 3.48. The van der Waals surface area contributed by atoms with Crippen LogP contribution in [0.4, 0.5) is 5.82 Å². The number of rotatable bonds is 2. The van der Waals surface area contributed by atoms with Gasteiger partial charge in [-0.05, 0) is 53.7 Å². The Balaban J connectivity index is 2.01. The molecule has 1 aliphatic rings. The van der Waals surface area contributed by atoms with Gasteiger partial charge < -0.3 is 10.1 Å². The second-order valence-electron chi connectivity index (χ2n) is 4.23. The maximum Gasteiger partial charge on any atom is 0.140 e. The Kier molecular flexibility index (Phi) is 4.18. The number of anilines is 1. The highest BCUT2D eigenvalue weighted by Gasteiger charge is 2.13. The first-order chi connectivity index (χ1) is 7.75. The molecule has 0 spiro atoms. The molecule has 1 aromatic rings. The van der Waals surface area contributed by atoms with Crippen molar-refractivity contribution in [2.24, 2.45) is 0 Å². The summed E-state index contributed by atoms with van der Waals surface area (Å²) >= 11 is 3.54. The van der Waals surface area contributed by atoms with Gasteiger partial charge in [-0.3, -0.25) is 0 Å². The van der Waals surface area contributed by atoms with Gasteiger partial charge >= 0.3 is 0 Å². The lowest BCUT2D eigenvalue weighted by Gasteiger charge is -2.17. The summed E-state index contributed by atoms with van der Waals surface area (Å²) < 4.78 is 6.48. The molecular weight excluding hydrogens is 268 g/mol. The lowest BCUT2D eigenvalue weighted by atomic mass is 10.1. The van der Waals surface area contributed by atoms with E-state index in [1.54, 1.807) is 0 Å². The van der Waals surface area contributed by atoms with E-state index in [4.69, 9.17) is 4.74 Å². The SMILES string of the molecule is Cc1cnc(N[C@@H]2CCCOCC2)c(Br)c1. The molecule has 4 heteroatoms. The monoisotopic (exact) mass is 284 g/mol. The zero-order valence-corrected chi connectivity index (χ0v) is 11.1. The van der Waals surface area contributed by atoms with Crippen LogP contribution in [0.5, 0.6) is 0 Å². The zero-order chi connectivity index (χ0) is 11.4. The maximum atomic E-state index is 5.44. The molecule has 3 nitrogen and oxygen atoms in total. The molecular formula is C12H17BrN2O. The van der Waals surface area contributed by atoms with E-state index in [0.29, 0.717) is 6.04 Å². The molecule has 1 N–H and O–H groups in total. The number of hydrogen-bond acceptors (Lipinski definition) is 3. The number of nitrogens with one attached hydrogen (secondary N) is 1. The number of pyridine rings is 1. The normalized spacial score (nSPS) is 21.5. The summed E-state index contributed by atoms with van der Waals surface area (Å²) in [7, 11) is 0. The number of nitrogens with zero attached hydrogens (tertiary/aromatic N) is 1. The van der Waals surface area contributed by atoms with E-state index in [2.05, 4.69) is 32.3 Å². The van der Waals surface area contributed by atoms with Crippen LogP contribution in [-0.4, -0.2) is 24.2 Å². The molecule has 0 saturated carbocycles. The lowest BCUT2D eigenvalue weighted by molar-refractivity contribution is 0.144. The molecule has 88 valence electrons. The summed E-state index contributed by atoms with van der Waals surface area (Å²) in [6.07, 6.45) is 5.23. The predicted octanol–water partition coefficient (Wildman–Crippen LogP) is 3.13. The van der Waals surface area contributed by atoms with Crippen molar-refractivity contribution in [1.29, 1.82) is 0 Å². The van der Waals surface area contributed by atoms with E-state index in [-0.39, 0.29) is 0 Å². The maximum absolute atomic E-state index is 5.44. The first-order valence-electron chi connectivity index (χ1n) is 5.72. The van der Waals surface area contributed by atoms with Crippen molar-refractivity contribution < 1.29 is 4.74 Å². The van der Waals surface area contributed by atoms with Crippen molar-refractivity contribution in [3.8, 4) is 0 Å². The molecule has 2 heterocycles. The molecule has 1 aromatic heterocycles. The third-order valence-corrected chi connectivity index (χ3v) is 3.38. The molecule has 1 aliphatic heterocycles. The van der Waals surface area contributed by atoms with E-state index < -0.39 is 0 Å². The van der Waals surface area contributed by atoms with Gasteiger partial charge in [0, 0.05) is 25.5 Å². The minimum atomic E-state index is 0.481. The van der Waals surface area contributed by atoms with Crippen LogP contribution in [0.25, 0.3) is 0 Å². The Morgan fingerprint density at radius 3 is 3.12 bits per heavy atom. The van der Waals surface area contributed by atoms with E-state index in [9.17, 15) is 0 Å². The quantitative estimate of drug-likeness (QED) is 0.906. The molecule has 0 aliphatic carbocycles. The van der Waals surface area contributed by atoms with Gasteiger partial charge in [-0.15, -0.1) is 0 Å². The molecule has 0 unspecified atom stereocenters. The van der Waals surface area contributed by atoms with Gasteiger partial charge in [-0.2, -0.15) is 0 Å². The first-order valence-corrected chi connectivity index (χ1v) is 6.51. The third-order valence-electron chi connectivity index (χ3n) is 2.77. The Morgan fingerprint density at radius 2 is 2.31 bits per heavy atom. The van der Waals surface area contributed by atoms with Gasteiger partial charge in [0.2, 0.25) is 0 Å². The van der Waals surface area contributed by atoms with Gasteiger partial charge in [0.25, 0.3) is 0 Å². The van der Waals surface area contributed by atoms with Crippen LogP contribution >= 0.6 is 15.9 Å². The van der Waals surface area contributed by atoms with Crippen LogP contribution in [0.2, 0.25) is 0 Å². The fraction of sp³-hybridized carbons (Fsp3) is 0.583. The number of hydrogen-bond donors (Lipinski definition) is 1. The number of ether oxygens (including phenoxy) is 1. The zero-order valence-electron chi connectivity index (χ0n) is 9.50. The van der Waals surface area contributed by atoms with Crippen LogP contribution in [0.15, 0.2) is 16.7 Å². The highest BCUT2D eigenvalue weighted by Crippen LogP contribution is 2.23. The van der Waals surface area contributed by atoms with Crippen LogP contribution in [-0.2, 0) is 4.74 Å². The largest absolute Gasteiger partial charge is 0.381 e. The van der Waals surface area contributed by atoms with Crippen LogP contribution in [0.1, 0.15) is 24.8 Å². The summed E-state index contributed by atoms with van der Waals surface area (Å²) in [5.74, 6) is 0.942. The molecule has 0 bridgehead atoms. The van der Waals surface area contributed by atoms with Gasteiger partial charge in [-0.25, -0.2) is 4.98 Å². The van der Waals surface area contributed by atoms with Crippen molar-refractivity contribution in [2.45, 2.75) is 32.2 Å².